The lowest BCUT2D eigenvalue weighted by atomic mass is 9.36. The van der Waals surface area contributed by atoms with E-state index in [1.807, 2.05) is 0 Å². The maximum absolute atomic E-state index is 13.6. The number of esters is 1. The quantitative estimate of drug-likeness (QED) is 0.337. The van der Waals surface area contributed by atoms with Crippen LogP contribution in [-0.4, -0.2) is 23.8 Å². The summed E-state index contributed by atoms with van der Waals surface area (Å²) in [5, 5.41) is 10.9. The standard InChI is InChI=1S/C32H50O3/c1-8-19-35-28(34)32-17-11-21(20(2)3)27(32)22-9-10-25-30(6,23(22)12-18-32)15-13-24-29(4,5)26(33)14-16-31(24,25)7/h8,21-27,33H,1-2,9-19H2,3-7H3/t21-,22?,23?,24?,25?,26-,27?,30-,31-,32-/m0/s1. The highest BCUT2D eigenvalue weighted by Gasteiger charge is 2.68. The maximum atomic E-state index is 13.6. The van der Waals surface area contributed by atoms with Gasteiger partial charge in [-0.15, -0.1) is 0 Å². The lowest BCUT2D eigenvalue weighted by molar-refractivity contribution is -0.218. The Morgan fingerprint density at radius 1 is 0.943 bits per heavy atom. The summed E-state index contributed by atoms with van der Waals surface area (Å²) in [5.74, 6) is 3.44. The average molecular weight is 483 g/mol. The molecule has 0 radical (unpaired) electrons. The highest BCUT2D eigenvalue weighted by atomic mass is 16.5. The van der Waals surface area contributed by atoms with Gasteiger partial charge in [-0.2, -0.15) is 0 Å². The number of aliphatic hydroxyl groups excluding tert-OH is 1. The van der Waals surface area contributed by atoms with Crippen molar-refractivity contribution < 1.29 is 14.6 Å². The van der Waals surface area contributed by atoms with Crippen molar-refractivity contribution in [1.29, 1.82) is 0 Å². The van der Waals surface area contributed by atoms with Crippen molar-refractivity contribution in [3.63, 3.8) is 0 Å². The molecule has 5 unspecified atom stereocenters. The first-order chi connectivity index (χ1) is 16.4. The Hall–Kier alpha value is -1.09. The molecule has 0 amide bonds. The Kier molecular flexibility index (Phi) is 6.18. The zero-order chi connectivity index (χ0) is 25.4. The van der Waals surface area contributed by atoms with Crippen LogP contribution in [0.5, 0.6) is 0 Å². The molecule has 5 aliphatic carbocycles. The largest absolute Gasteiger partial charge is 0.461 e. The van der Waals surface area contributed by atoms with Crippen molar-refractivity contribution in [1.82, 2.24) is 0 Å². The van der Waals surface area contributed by atoms with Crippen LogP contribution in [0.1, 0.15) is 98.8 Å². The molecular weight excluding hydrogens is 432 g/mol. The molecule has 0 aliphatic heterocycles. The Bertz CT molecular complexity index is 889. The first-order valence-corrected chi connectivity index (χ1v) is 14.5. The van der Waals surface area contributed by atoms with Gasteiger partial charge in [0.2, 0.25) is 0 Å². The average Bonchev–Trinajstić information content (AvgIpc) is 3.21. The monoisotopic (exact) mass is 482 g/mol. The minimum absolute atomic E-state index is 0.00168. The van der Waals surface area contributed by atoms with Gasteiger partial charge in [0.1, 0.15) is 6.61 Å². The third-order valence-electron chi connectivity index (χ3n) is 12.9. The van der Waals surface area contributed by atoms with Gasteiger partial charge in [-0.25, -0.2) is 0 Å². The molecule has 0 aromatic carbocycles. The number of hydrogen-bond acceptors (Lipinski definition) is 3. The van der Waals surface area contributed by atoms with Crippen LogP contribution in [0.15, 0.2) is 24.8 Å². The van der Waals surface area contributed by atoms with Crippen LogP contribution in [0.3, 0.4) is 0 Å². The number of hydrogen-bond donors (Lipinski definition) is 1. The molecule has 3 nitrogen and oxygen atoms in total. The Morgan fingerprint density at radius 2 is 1.63 bits per heavy atom. The maximum Gasteiger partial charge on any atom is 0.312 e. The zero-order valence-corrected chi connectivity index (χ0v) is 23.1. The van der Waals surface area contributed by atoms with Crippen LogP contribution in [0.25, 0.3) is 0 Å². The highest BCUT2D eigenvalue weighted by Crippen LogP contribution is 2.73. The second kappa shape index (κ2) is 8.47. The third-order valence-corrected chi connectivity index (χ3v) is 12.9. The summed E-state index contributed by atoms with van der Waals surface area (Å²) < 4.78 is 5.78. The first kappa shape index (κ1) is 25.6. The number of fused-ring (bicyclic) bond motifs is 7. The number of allylic oxidation sites excluding steroid dienone is 1. The highest BCUT2D eigenvalue weighted by molar-refractivity contribution is 5.78. The molecule has 0 heterocycles. The predicted octanol–water partition coefficient (Wildman–Crippen LogP) is 7.34. The SMILES string of the molecule is C=CCOC(=O)[C@@]12CCC3C(CCC4[C@@]3(C)CCC3C(C)(C)[C@@H](O)CC[C@@]34C)C1[C@H](C(=C)C)CC2. The first-order valence-electron chi connectivity index (χ1n) is 14.5. The van der Waals surface area contributed by atoms with Gasteiger partial charge in [0.05, 0.1) is 11.5 Å². The van der Waals surface area contributed by atoms with Gasteiger partial charge >= 0.3 is 5.97 Å². The van der Waals surface area contributed by atoms with Crippen molar-refractivity contribution >= 4 is 5.97 Å². The van der Waals surface area contributed by atoms with Crippen molar-refractivity contribution in [2.45, 2.75) is 105 Å². The summed E-state index contributed by atoms with van der Waals surface area (Å²) >= 11 is 0. The molecule has 0 aromatic heterocycles. The van der Waals surface area contributed by atoms with E-state index in [1.54, 1.807) is 6.08 Å². The Labute approximate surface area is 214 Å². The number of carbonyl (C=O) groups excluding carboxylic acids is 1. The molecule has 10 atom stereocenters. The van der Waals surface area contributed by atoms with Gasteiger partial charge in [-0.05, 0) is 123 Å². The van der Waals surface area contributed by atoms with Crippen LogP contribution in [0.4, 0.5) is 0 Å². The molecule has 0 aromatic rings. The number of aliphatic hydroxyl groups is 1. The number of carbonyl (C=O) groups is 1. The summed E-state index contributed by atoms with van der Waals surface area (Å²) in [6, 6.07) is 0. The fourth-order valence-corrected chi connectivity index (χ4v) is 11.4. The molecule has 5 fully saturated rings. The van der Waals surface area contributed by atoms with E-state index in [4.69, 9.17) is 4.74 Å². The molecule has 35 heavy (non-hydrogen) atoms. The van der Waals surface area contributed by atoms with E-state index in [0.29, 0.717) is 52.9 Å². The third kappa shape index (κ3) is 3.42. The van der Waals surface area contributed by atoms with E-state index in [-0.39, 0.29) is 22.9 Å². The number of rotatable bonds is 4. The van der Waals surface area contributed by atoms with Crippen molar-refractivity contribution in [2.75, 3.05) is 6.61 Å². The van der Waals surface area contributed by atoms with Crippen molar-refractivity contribution in [2.24, 2.45) is 57.2 Å². The zero-order valence-electron chi connectivity index (χ0n) is 23.1. The summed E-state index contributed by atoms with van der Waals surface area (Å²) in [6.07, 6.45) is 12.8. The molecule has 1 N–H and O–H groups in total. The lowest BCUT2D eigenvalue weighted by Crippen LogP contribution is -2.63. The van der Waals surface area contributed by atoms with Gasteiger partial charge < -0.3 is 9.84 Å². The summed E-state index contributed by atoms with van der Waals surface area (Å²) in [4.78, 5) is 13.6. The second-order valence-corrected chi connectivity index (χ2v) is 14.5. The second-order valence-electron chi connectivity index (χ2n) is 14.5. The minimum atomic E-state index is -0.324. The molecule has 5 aliphatic rings. The molecular formula is C32H50O3. The van der Waals surface area contributed by atoms with E-state index in [0.717, 1.165) is 38.5 Å². The van der Waals surface area contributed by atoms with Gasteiger partial charge in [-0.3, -0.25) is 4.79 Å². The lowest BCUT2D eigenvalue weighted by Gasteiger charge is -2.69. The van der Waals surface area contributed by atoms with Gasteiger partial charge in [0.25, 0.3) is 0 Å². The van der Waals surface area contributed by atoms with E-state index < -0.39 is 0 Å². The topological polar surface area (TPSA) is 46.5 Å². The Morgan fingerprint density at radius 3 is 2.31 bits per heavy atom. The molecule has 196 valence electrons. The van der Waals surface area contributed by atoms with E-state index in [1.165, 1.54) is 31.3 Å². The summed E-state index contributed by atoms with van der Waals surface area (Å²) in [7, 11) is 0. The summed E-state index contributed by atoms with van der Waals surface area (Å²) in [5.41, 5.74) is 1.57. The van der Waals surface area contributed by atoms with Crippen LogP contribution in [-0.2, 0) is 9.53 Å². The van der Waals surface area contributed by atoms with Crippen LogP contribution in [0.2, 0.25) is 0 Å². The minimum Gasteiger partial charge on any atom is -0.461 e. The van der Waals surface area contributed by atoms with Crippen LogP contribution >= 0.6 is 0 Å². The van der Waals surface area contributed by atoms with Crippen LogP contribution < -0.4 is 0 Å². The smallest absolute Gasteiger partial charge is 0.312 e. The van der Waals surface area contributed by atoms with Gasteiger partial charge in [0.15, 0.2) is 0 Å². The van der Waals surface area contributed by atoms with Gasteiger partial charge in [0, 0.05) is 0 Å². The normalized spacial score (nSPS) is 50.2. The Balaban J connectivity index is 1.49. The summed E-state index contributed by atoms with van der Waals surface area (Å²) in [6.45, 7) is 20.6. The fourth-order valence-electron chi connectivity index (χ4n) is 11.4. The number of ether oxygens (including phenoxy) is 1. The van der Waals surface area contributed by atoms with Crippen molar-refractivity contribution in [3.05, 3.63) is 24.8 Å². The molecule has 0 bridgehead atoms. The fraction of sp³-hybridized carbons (Fsp3) is 0.844. The molecule has 0 spiro atoms. The molecule has 3 heteroatoms. The van der Waals surface area contributed by atoms with Gasteiger partial charge in [-0.1, -0.05) is 52.5 Å². The van der Waals surface area contributed by atoms with E-state index in [2.05, 4.69) is 47.8 Å². The molecule has 5 saturated carbocycles. The van der Waals surface area contributed by atoms with E-state index in [9.17, 15) is 9.90 Å². The van der Waals surface area contributed by atoms with Crippen molar-refractivity contribution in [3.8, 4) is 0 Å². The van der Waals surface area contributed by atoms with Crippen LogP contribution in [0, 0.1) is 57.2 Å². The predicted molar refractivity (Wildman–Crippen MR) is 142 cm³/mol. The molecule has 5 rings (SSSR count). The van der Waals surface area contributed by atoms with E-state index >= 15 is 0 Å². The molecule has 0 saturated heterocycles.